The molecule has 7 nitrogen and oxygen atoms in total. The molecule has 0 unspecified atom stereocenters. The largest absolute Gasteiger partial charge is 0.372 e. The lowest BCUT2D eigenvalue weighted by Crippen LogP contribution is -2.51. The average molecular weight is 491 g/mol. The van der Waals surface area contributed by atoms with Crippen LogP contribution in [0.15, 0.2) is 53.4 Å². The van der Waals surface area contributed by atoms with E-state index in [9.17, 15) is 14.4 Å². The summed E-state index contributed by atoms with van der Waals surface area (Å²) in [4.78, 5) is 46.3. The van der Waals surface area contributed by atoms with E-state index in [0.29, 0.717) is 18.0 Å². The first-order chi connectivity index (χ1) is 17.0. The first kappa shape index (κ1) is 23.5. The van der Waals surface area contributed by atoms with Gasteiger partial charge in [-0.15, -0.1) is 0 Å². The van der Waals surface area contributed by atoms with Gasteiger partial charge in [0.05, 0.1) is 4.91 Å². The van der Waals surface area contributed by atoms with Gasteiger partial charge in [0.15, 0.2) is 0 Å². The van der Waals surface area contributed by atoms with Crippen molar-refractivity contribution in [3.63, 3.8) is 0 Å². The summed E-state index contributed by atoms with van der Waals surface area (Å²) in [5, 5.41) is -0.385. The van der Waals surface area contributed by atoms with E-state index in [1.165, 1.54) is 18.5 Å². The van der Waals surface area contributed by atoms with E-state index in [2.05, 4.69) is 34.1 Å². The van der Waals surface area contributed by atoms with Gasteiger partial charge in [-0.05, 0) is 73.0 Å². The molecule has 8 heteroatoms. The molecule has 3 heterocycles. The van der Waals surface area contributed by atoms with E-state index in [0.717, 1.165) is 59.7 Å². The van der Waals surface area contributed by atoms with E-state index in [-0.39, 0.29) is 23.6 Å². The van der Waals surface area contributed by atoms with Crippen molar-refractivity contribution in [3.05, 3.63) is 64.6 Å². The molecule has 0 bridgehead atoms. The van der Waals surface area contributed by atoms with Crippen LogP contribution in [0.25, 0.3) is 6.08 Å². The number of nitrogens with zero attached hydrogens (tertiary/aromatic N) is 4. The Morgan fingerprint density at radius 2 is 1.57 bits per heavy atom. The number of aryl methyl sites for hydroxylation is 1. The fraction of sp³-hybridized carbons (Fsp3) is 0.370. The van der Waals surface area contributed by atoms with Gasteiger partial charge in [0, 0.05) is 50.6 Å². The summed E-state index contributed by atoms with van der Waals surface area (Å²) >= 11 is 0.910. The summed E-state index contributed by atoms with van der Waals surface area (Å²) in [6, 6.07) is 16.3. The molecule has 35 heavy (non-hydrogen) atoms. The highest BCUT2D eigenvalue weighted by atomic mass is 32.2. The van der Waals surface area contributed by atoms with Crippen LogP contribution in [0.3, 0.4) is 0 Å². The van der Waals surface area contributed by atoms with E-state index in [1.807, 2.05) is 31.2 Å². The lowest BCUT2D eigenvalue weighted by Gasteiger charge is -2.36. The van der Waals surface area contributed by atoms with Crippen molar-refractivity contribution in [1.29, 1.82) is 0 Å². The summed E-state index contributed by atoms with van der Waals surface area (Å²) < 4.78 is 0. The van der Waals surface area contributed by atoms with Crippen molar-refractivity contribution in [2.45, 2.75) is 19.8 Å². The van der Waals surface area contributed by atoms with Crippen molar-refractivity contribution in [1.82, 2.24) is 9.80 Å². The molecule has 0 N–H and O–H groups in total. The molecule has 3 saturated heterocycles. The molecule has 5 rings (SSSR count). The first-order valence-corrected chi connectivity index (χ1v) is 13.0. The Morgan fingerprint density at radius 3 is 2.26 bits per heavy atom. The van der Waals surface area contributed by atoms with Crippen LogP contribution in [0, 0.1) is 6.92 Å². The number of imide groups is 1. The fourth-order valence-corrected chi connectivity index (χ4v) is 5.69. The van der Waals surface area contributed by atoms with Crippen LogP contribution in [0.2, 0.25) is 0 Å². The Morgan fingerprint density at radius 1 is 0.886 bits per heavy atom. The highest BCUT2D eigenvalue weighted by molar-refractivity contribution is 8.18. The highest BCUT2D eigenvalue weighted by Crippen LogP contribution is 2.33. The maximum Gasteiger partial charge on any atom is 0.294 e. The number of anilines is 2. The normalized spacial score (nSPS) is 19.9. The first-order valence-electron chi connectivity index (χ1n) is 12.2. The molecule has 3 amide bonds. The van der Waals surface area contributed by atoms with Crippen molar-refractivity contribution < 1.29 is 14.4 Å². The van der Waals surface area contributed by atoms with Crippen molar-refractivity contribution in [3.8, 4) is 0 Å². The molecule has 0 atom stereocenters. The van der Waals surface area contributed by atoms with Crippen LogP contribution in [-0.4, -0.2) is 72.7 Å². The number of carbonyl (C=O) groups is 3. The van der Waals surface area contributed by atoms with E-state index in [4.69, 9.17) is 0 Å². The van der Waals surface area contributed by atoms with Crippen LogP contribution < -0.4 is 9.80 Å². The minimum Gasteiger partial charge on any atom is -0.372 e. The molecule has 2 aromatic rings. The number of benzene rings is 2. The Hall–Kier alpha value is -3.26. The lowest BCUT2D eigenvalue weighted by atomic mass is 10.1. The highest BCUT2D eigenvalue weighted by Gasteiger charge is 2.37. The topological polar surface area (TPSA) is 64.2 Å². The summed E-state index contributed by atoms with van der Waals surface area (Å²) in [6.07, 6.45) is 4.21. The Bertz CT molecular complexity index is 1150. The van der Waals surface area contributed by atoms with Gasteiger partial charge in [0.1, 0.15) is 6.54 Å². The summed E-state index contributed by atoms with van der Waals surface area (Å²) in [5.41, 5.74) is 4.32. The molecule has 3 aliphatic rings. The van der Waals surface area contributed by atoms with Gasteiger partial charge in [-0.25, -0.2) is 0 Å². The number of thioether (sulfide) groups is 1. The third-order valence-electron chi connectivity index (χ3n) is 6.93. The van der Waals surface area contributed by atoms with Gasteiger partial charge in [0.2, 0.25) is 5.91 Å². The number of para-hydroxylation sites is 1. The van der Waals surface area contributed by atoms with Gasteiger partial charge in [0.25, 0.3) is 11.1 Å². The Balaban J connectivity index is 1.20. The molecule has 0 saturated carbocycles. The van der Waals surface area contributed by atoms with Gasteiger partial charge >= 0.3 is 0 Å². The maximum atomic E-state index is 13.0. The van der Waals surface area contributed by atoms with Gasteiger partial charge in [-0.1, -0.05) is 24.3 Å². The van der Waals surface area contributed by atoms with Crippen LogP contribution in [-0.2, 0) is 9.59 Å². The van der Waals surface area contributed by atoms with Gasteiger partial charge < -0.3 is 14.7 Å². The number of rotatable bonds is 5. The molecule has 0 spiro atoms. The lowest BCUT2D eigenvalue weighted by molar-refractivity contribution is -0.136. The van der Waals surface area contributed by atoms with Gasteiger partial charge in [-0.2, -0.15) is 0 Å². The minimum atomic E-state index is -0.390. The SMILES string of the molecule is Cc1cc(N2CCCC2)ccc1/C=C1/SC(=O)N(CC(=O)N2CCN(c3ccccc3)CC2)C1=O. The van der Waals surface area contributed by atoms with Crippen LogP contribution in [0.5, 0.6) is 0 Å². The number of piperazine rings is 1. The molecule has 0 radical (unpaired) electrons. The van der Waals surface area contributed by atoms with Gasteiger partial charge in [-0.3, -0.25) is 19.3 Å². The summed E-state index contributed by atoms with van der Waals surface area (Å²) in [6.45, 7) is 6.56. The number of hydrogen-bond donors (Lipinski definition) is 0. The zero-order valence-corrected chi connectivity index (χ0v) is 20.8. The molecule has 182 valence electrons. The Labute approximate surface area is 210 Å². The molecule has 2 aromatic carbocycles. The van der Waals surface area contributed by atoms with Crippen molar-refractivity contribution in [2.24, 2.45) is 0 Å². The summed E-state index contributed by atoms with van der Waals surface area (Å²) in [7, 11) is 0. The maximum absolute atomic E-state index is 13.0. The number of carbonyl (C=O) groups excluding carboxylic acids is 3. The zero-order valence-electron chi connectivity index (χ0n) is 20.0. The molecule has 0 aliphatic carbocycles. The number of hydrogen-bond acceptors (Lipinski definition) is 6. The van der Waals surface area contributed by atoms with E-state index >= 15 is 0 Å². The number of amides is 3. The Kier molecular flexibility index (Phi) is 6.81. The third-order valence-corrected chi connectivity index (χ3v) is 7.84. The van der Waals surface area contributed by atoms with Crippen LogP contribution in [0.4, 0.5) is 16.2 Å². The second-order valence-corrected chi connectivity index (χ2v) is 10.2. The molecule has 0 aromatic heterocycles. The monoisotopic (exact) mass is 490 g/mol. The zero-order chi connectivity index (χ0) is 24.4. The molecular formula is C27H30N4O3S. The average Bonchev–Trinajstić information content (AvgIpc) is 3.51. The van der Waals surface area contributed by atoms with Crippen molar-refractivity contribution in [2.75, 3.05) is 55.6 Å². The summed E-state index contributed by atoms with van der Waals surface area (Å²) in [5.74, 6) is -0.577. The minimum absolute atomic E-state index is 0.188. The quantitative estimate of drug-likeness (QED) is 0.591. The fourth-order valence-electron chi connectivity index (χ4n) is 4.86. The second-order valence-electron chi connectivity index (χ2n) is 9.21. The van der Waals surface area contributed by atoms with E-state index in [1.54, 1.807) is 11.0 Å². The predicted octanol–water partition coefficient (Wildman–Crippen LogP) is 3.98. The van der Waals surface area contributed by atoms with Crippen molar-refractivity contribution >= 4 is 46.3 Å². The smallest absolute Gasteiger partial charge is 0.294 e. The molecule has 3 fully saturated rings. The van der Waals surface area contributed by atoms with E-state index < -0.39 is 0 Å². The predicted molar refractivity (Wildman–Crippen MR) is 141 cm³/mol. The van der Waals surface area contributed by atoms with Crippen LogP contribution in [0.1, 0.15) is 24.0 Å². The molecular weight excluding hydrogens is 460 g/mol. The van der Waals surface area contributed by atoms with Crippen LogP contribution >= 0.6 is 11.8 Å². The third kappa shape index (κ3) is 5.07. The second kappa shape index (κ2) is 10.2. The molecule has 3 aliphatic heterocycles. The standard InChI is InChI=1S/C27H30N4O3S/c1-20-17-23(28-11-5-6-12-28)10-9-21(20)18-24-26(33)31(27(34)35-24)19-25(32)30-15-13-29(14-16-30)22-7-3-2-4-8-22/h2-4,7-10,17-18H,5-6,11-16,19H2,1H3/b24-18+.